The lowest BCUT2D eigenvalue weighted by Gasteiger charge is -2.34. The minimum atomic E-state index is -0.633. The molecular weight excluding hydrogens is 491 g/mol. The van der Waals surface area contributed by atoms with Gasteiger partial charge < -0.3 is 24.5 Å². The molecule has 1 aromatic heterocycles. The summed E-state index contributed by atoms with van der Waals surface area (Å²) in [5.41, 5.74) is 1.79. The number of hydrogen-bond donors (Lipinski definition) is 0. The molecule has 35 heavy (non-hydrogen) atoms. The van der Waals surface area contributed by atoms with Crippen LogP contribution in [0.2, 0.25) is 10.0 Å². The highest BCUT2D eigenvalue weighted by molar-refractivity contribution is 6.42. The highest BCUT2D eigenvalue weighted by Gasteiger charge is 2.41. The van der Waals surface area contributed by atoms with E-state index < -0.39 is 10.5 Å². The number of imidazole rings is 1. The van der Waals surface area contributed by atoms with E-state index in [0.717, 1.165) is 38.1 Å². The molecule has 1 unspecified atom stereocenters. The number of nitrogens with zero attached hydrogens (tertiary/aromatic N) is 4. The molecule has 1 atom stereocenters. The van der Waals surface area contributed by atoms with Gasteiger partial charge in [0, 0.05) is 23.8 Å². The average Bonchev–Trinajstić information content (AvgIpc) is 3.37. The summed E-state index contributed by atoms with van der Waals surface area (Å²) in [4.78, 5) is 16.7. The maximum Gasteiger partial charge on any atom is 0.415 e. The quantitative estimate of drug-likeness (QED) is 0.292. The molecule has 1 saturated heterocycles. The molecule has 5 rings (SSSR count). The molecule has 2 aromatic carbocycles. The van der Waals surface area contributed by atoms with Crippen molar-refractivity contribution in [3.05, 3.63) is 74.4 Å². The molecule has 0 radical (unpaired) electrons. The number of rotatable bonds is 7. The predicted molar refractivity (Wildman–Crippen MR) is 135 cm³/mol. The molecule has 0 spiro atoms. The van der Waals surface area contributed by atoms with Crippen LogP contribution in [-0.4, -0.2) is 39.8 Å². The van der Waals surface area contributed by atoms with Gasteiger partial charge in [0.1, 0.15) is 18.6 Å². The smallest absolute Gasteiger partial charge is 0.415 e. The summed E-state index contributed by atoms with van der Waals surface area (Å²) in [5.74, 6) is 1.18. The van der Waals surface area contributed by atoms with Gasteiger partial charge in [-0.15, -0.1) is 0 Å². The lowest BCUT2D eigenvalue weighted by molar-refractivity contribution is -0.389. The van der Waals surface area contributed by atoms with E-state index >= 15 is 0 Å². The SMILES string of the molecule is CC1(COc2ccc(N3CCC(Cc4ccc(Cl)c(Cl)c4)CC3)cc2)Cn2cc([N+](=O)[O-])nc2O1. The number of ether oxygens (including phenoxy) is 2. The van der Waals surface area contributed by atoms with Crippen LogP contribution in [-0.2, 0) is 13.0 Å². The zero-order valence-corrected chi connectivity index (χ0v) is 20.8. The second-order valence-corrected chi connectivity index (χ2v) is 10.3. The van der Waals surface area contributed by atoms with Crippen LogP contribution in [0, 0.1) is 16.0 Å². The van der Waals surface area contributed by atoms with Crippen molar-refractivity contribution < 1.29 is 14.4 Å². The van der Waals surface area contributed by atoms with Gasteiger partial charge in [-0.2, -0.15) is 0 Å². The second kappa shape index (κ2) is 9.59. The first-order valence-electron chi connectivity index (χ1n) is 11.6. The third kappa shape index (κ3) is 5.33. The van der Waals surface area contributed by atoms with E-state index in [0.29, 0.717) is 29.1 Å². The van der Waals surface area contributed by atoms with Crippen molar-refractivity contribution in [3.8, 4) is 11.8 Å². The van der Waals surface area contributed by atoms with E-state index in [9.17, 15) is 10.1 Å². The zero-order chi connectivity index (χ0) is 24.6. The number of aromatic nitrogens is 2. The molecule has 2 aliphatic heterocycles. The van der Waals surface area contributed by atoms with Gasteiger partial charge in [-0.05, 0) is 79.0 Å². The summed E-state index contributed by atoms with van der Waals surface area (Å²) >= 11 is 12.2. The van der Waals surface area contributed by atoms with Gasteiger partial charge >= 0.3 is 11.8 Å². The third-order valence-corrected chi connectivity index (χ3v) is 7.36. The van der Waals surface area contributed by atoms with E-state index in [1.807, 2.05) is 31.2 Å². The van der Waals surface area contributed by atoms with E-state index in [4.69, 9.17) is 32.7 Å². The number of anilines is 1. The molecule has 10 heteroatoms. The molecule has 0 bridgehead atoms. The molecule has 3 heterocycles. The molecule has 0 saturated carbocycles. The Morgan fingerprint density at radius 2 is 1.91 bits per heavy atom. The lowest BCUT2D eigenvalue weighted by Crippen LogP contribution is -2.38. The molecule has 1 fully saturated rings. The van der Waals surface area contributed by atoms with Crippen LogP contribution < -0.4 is 14.4 Å². The van der Waals surface area contributed by atoms with Gasteiger partial charge in [0.2, 0.25) is 0 Å². The molecule has 184 valence electrons. The Morgan fingerprint density at radius 1 is 1.17 bits per heavy atom. The topological polar surface area (TPSA) is 82.7 Å². The third-order valence-electron chi connectivity index (χ3n) is 6.63. The van der Waals surface area contributed by atoms with Crippen molar-refractivity contribution in [1.29, 1.82) is 0 Å². The van der Waals surface area contributed by atoms with Crippen molar-refractivity contribution in [2.24, 2.45) is 5.92 Å². The highest BCUT2D eigenvalue weighted by Crippen LogP contribution is 2.32. The molecule has 3 aromatic rings. The Kier molecular flexibility index (Phi) is 6.51. The van der Waals surface area contributed by atoms with Gasteiger partial charge in [0.05, 0.1) is 16.6 Å². The second-order valence-electron chi connectivity index (χ2n) is 9.48. The largest absolute Gasteiger partial charge is 0.489 e. The number of fused-ring (bicyclic) bond motifs is 1. The fourth-order valence-electron chi connectivity index (χ4n) is 4.74. The van der Waals surface area contributed by atoms with Gasteiger partial charge in [-0.25, -0.2) is 0 Å². The van der Waals surface area contributed by atoms with Crippen molar-refractivity contribution in [2.45, 2.75) is 38.3 Å². The summed E-state index contributed by atoms with van der Waals surface area (Å²) in [7, 11) is 0. The standard InChI is InChI=1S/C25H26Cl2N4O4/c1-25(15-30-14-23(31(32)33)28-24(30)35-25)16-34-20-5-3-19(4-6-20)29-10-8-17(9-11-29)12-18-2-7-21(26)22(27)13-18/h2-7,13-14,17H,8-12,15-16H2,1H3. The van der Waals surface area contributed by atoms with Crippen LogP contribution in [0.3, 0.4) is 0 Å². The number of halogens is 2. The van der Waals surface area contributed by atoms with E-state index in [1.54, 1.807) is 4.57 Å². The number of nitro groups is 1. The van der Waals surface area contributed by atoms with Gasteiger partial charge in [-0.3, -0.25) is 4.57 Å². The minimum Gasteiger partial charge on any atom is -0.489 e. The predicted octanol–water partition coefficient (Wildman–Crippen LogP) is 5.79. The summed E-state index contributed by atoms with van der Waals surface area (Å²) < 4.78 is 13.5. The summed E-state index contributed by atoms with van der Waals surface area (Å²) in [6, 6.07) is 14.3. The normalized spacial score (nSPS) is 19.9. The van der Waals surface area contributed by atoms with Crippen LogP contribution in [0.1, 0.15) is 25.3 Å². The Bertz CT molecular complexity index is 1200. The van der Waals surface area contributed by atoms with Crippen molar-refractivity contribution in [2.75, 3.05) is 24.6 Å². The van der Waals surface area contributed by atoms with Crippen molar-refractivity contribution in [3.63, 3.8) is 0 Å². The van der Waals surface area contributed by atoms with Crippen LogP contribution in [0.4, 0.5) is 11.5 Å². The zero-order valence-electron chi connectivity index (χ0n) is 19.3. The summed E-state index contributed by atoms with van der Waals surface area (Å²) in [6.45, 7) is 4.68. The average molecular weight is 517 g/mol. The van der Waals surface area contributed by atoms with E-state index in [2.05, 4.69) is 28.1 Å². The first kappa shape index (κ1) is 23.8. The number of piperidine rings is 1. The number of benzene rings is 2. The summed E-state index contributed by atoms with van der Waals surface area (Å²) in [5, 5.41) is 12.1. The summed E-state index contributed by atoms with van der Waals surface area (Å²) in [6.07, 6.45) is 4.66. The highest BCUT2D eigenvalue weighted by atomic mass is 35.5. The monoisotopic (exact) mass is 516 g/mol. The first-order valence-corrected chi connectivity index (χ1v) is 12.4. The Morgan fingerprint density at radius 3 is 2.57 bits per heavy atom. The minimum absolute atomic E-state index is 0.211. The fraction of sp³-hybridized carbons (Fsp3) is 0.400. The fourth-order valence-corrected chi connectivity index (χ4v) is 5.06. The maximum absolute atomic E-state index is 10.9. The number of hydrogen-bond acceptors (Lipinski definition) is 6. The van der Waals surface area contributed by atoms with E-state index in [1.165, 1.54) is 17.4 Å². The van der Waals surface area contributed by atoms with Crippen LogP contribution in [0.15, 0.2) is 48.7 Å². The molecule has 0 N–H and O–H groups in total. The van der Waals surface area contributed by atoms with Crippen LogP contribution in [0.5, 0.6) is 11.8 Å². The molecular formula is C25H26Cl2N4O4. The van der Waals surface area contributed by atoms with Crippen LogP contribution in [0.25, 0.3) is 0 Å². The lowest BCUT2D eigenvalue weighted by atomic mass is 9.90. The van der Waals surface area contributed by atoms with Crippen molar-refractivity contribution in [1.82, 2.24) is 9.55 Å². The molecule has 2 aliphatic rings. The van der Waals surface area contributed by atoms with E-state index in [-0.39, 0.29) is 11.8 Å². The van der Waals surface area contributed by atoms with Gasteiger partial charge in [0.15, 0.2) is 5.60 Å². The molecule has 8 nitrogen and oxygen atoms in total. The van der Waals surface area contributed by atoms with Crippen molar-refractivity contribution >= 4 is 34.7 Å². The Labute approximate surface area is 213 Å². The molecule has 0 aliphatic carbocycles. The van der Waals surface area contributed by atoms with Gasteiger partial charge in [-0.1, -0.05) is 29.3 Å². The maximum atomic E-state index is 10.9. The first-order chi connectivity index (χ1) is 16.8. The Hall–Kier alpha value is -2.97. The van der Waals surface area contributed by atoms with Gasteiger partial charge in [0.25, 0.3) is 0 Å². The molecule has 0 amide bonds. The van der Waals surface area contributed by atoms with Crippen LogP contribution >= 0.6 is 23.2 Å². The Balaban J connectivity index is 1.10.